The van der Waals surface area contributed by atoms with Crippen LogP contribution in [0, 0.1) is 0 Å². The molecule has 1 amide bonds. The van der Waals surface area contributed by atoms with E-state index >= 15 is 0 Å². The molecule has 0 spiro atoms. The summed E-state index contributed by atoms with van der Waals surface area (Å²) in [4.78, 5) is 54.1. The Kier molecular flexibility index (Phi) is 10.7. The van der Waals surface area contributed by atoms with Crippen molar-refractivity contribution in [3.05, 3.63) is 46.2 Å². The van der Waals surface area contributed by atoms with Crippen LogP contribution in [0.3, 0.4) is 0 Å². The van der Waals surface area contributed by atoms with Gasteiger partial charge in [-0.1, -0.05) is 35.9 Å². The number of benzene rings is 1. The molecule has 0 saturated carbocycles. The number of aromatic nitrogens is 2. The number of hydrogen-bond donors (Lipinski definition) is 4. The number of nitrogen functional groups attached to an aromatic ring is 2. The third-order valence-electron chi connectivity index (χ3n) is 6.35. The number of ketones is 2. The minimum Gasteiger partial charge on any atom is -0.382 e. The standard InChI is InChI=1S/C26H36ClN9O3/c1-35(2)11-5-8-20(38)19-7-4-3-6-16(19)14-18(37)15-36-12-9-17(10-13-36)31-26(30)34-25(39)21-23(28)33-24(29)22(27)32-21/h3-4,6-7,17H,5,8-15H2,1-2H3,(H4,28,29,33)(H3,30,31,34,39). The van der Waals surface area contributed by atoms with E-state index in [2.05, 4.69) is 25.2 Å². The van der Waals surface area contributed by atoms with Gasteiger partial charge in [0, 0.05) is 31.5 Å². The molecule has 1 aliphatic heterocycles. The first kappa shape index (κ1) is 29.9. The summed E-state index contributed by atoms with van der Waals surface area (Å²) in [5.74, 6) is -0.892. The van der Waals surface area contributed by atoms with Gasteiger partial charge >= 0.3 is 0 Å². The van der Waals surface area contributed by atoms with E-state index in [4.69, 9.17) is 28.8 Å². The van der Waals surface area contributed by atoms with Crippen molar-refractivity contribution >= 4 is 46.7 Å². The molecule has 12 nitrogen and oxygen atoms in total. The van der Waals surface area contributed by atoms with Crippen molar-refractivity contribution in [2.75, 3.05) is 51.7 Å². The number of nitrogens with zero attached hydrogens (tertiary/aromatic N) is 5. The lowest BCUT2D eigenvalue weighted by molar-refractivity contribution is -0.119. The van der Waals surface area contributed by atoms with Crippen LogP contribution >= 0.6 is 11.6 Å². The van der Waals surface area contributed by atoms with E-state index in [1.165, 1.54) is 0 Å². The molecule has 2 heterocycles. The Hall–Kier alpha value is -3.61. The normalized spacial score (nSPS) is 14.9. The van der Waals surface area contributed by atoms with Crippen LogP contribution in [0.4, 0.5) is 11.6 Å². The van der Waals surface area contributed by atoms with Gasteiger partial charge in [0.2, 0.25) is 0 Å². The Morgan fingerprint density at radius 2 is 1.82 bits per heavy atom. The van der Waals surface area contributed by atoms with Crippen molar-refractivity contribution in [2.45, 2.75) is 38.1 Å². The number of Topliss-reactive ketones (excluding diaryl/α,β-unsaturated/α-hetero) is 2. The number of rotatable bonds is 11. The van der Waals surface area contributed by atoms with Crippen molar-refractivity contribution < 1.29 is 14.4 Å². The van der Waals surface area contributed by atoms with Crippen LogP contribution in [0.1, 0.15) is 52.1 Å². The first-order chi connectivity index (χ1) is 18.5. The SMILES string of the molecule is CN(C)CCCC(=O)c1ccccc1CC(=O)CN1CCC(N=C(N)NC(=O)c2nc(Cl)c(N)nc2N)CC1. The Labute approximate surface area is 233 Å². The molecule has 210 valence electrons. The Balaban J connectivity index is 1.48. The number of hydrogen-bond acceptors (Lipinski definition) is 10. The number of halogens is 1. The number of piperidine rings is 1. The maximum atomic E-state index is 12.9. The van der Waals surface area contributed by atoms with Gasteiger partial charge in [0.05, 0.1) is 12.6 Å². The van der Waals surface area contributed by atoms with Gasteiger partial charge in [0.15, 0.2) is 40.0 Å². The zero-order chi connectivity index (χ0) is 28.5. The molecule has 1 fully saturated rings. The smallest absolute Gasteiger partial charge is 0.280 e. The fourth-order valence-electron chi connectivity index (χ4n) is 4.37. The summed E-state index contributed by atoms with van der Waals surface area (Å²) in [6, 6.07) is 7.23. The Morgan fingerprint density at radius 1 is 1.13 bits per heavy atom. The molecule has 1 saturated heterocycles. The van der Waals surface area contributed by atoms with Crippen LogP contribution in [0.2, 0.25) is 5.15 Å². The monoisotopic (exact) mass is 557 g/mol. The van der Waals surface area contributed by atoms with E-state index in [1.54, 1.807) is 6.07 Å². The predicted molar refractivity (Wildman–Crippen MR) is 152 cm³/mol. The predicted octanol–water partition coefficient (Wildman–Crippen LogP) is 1.14. The second kappa shape index (κ2) is 14.0. The number of nitrogens with two attached hydrogens (primary N) is 3. The molecule has 0 radical (unpaired) electrons. The number of amides is 1. The molecule has 0 bridgehead atoms. The molecule has 0 unspecified atom stereocenters. The summed E-state index contributed by atoms with van der Waals surface area (Å²) in [5, 5.41) is 2.31. The van der Waals surface area contributed by atoms with Crippen molar-refractivity contribution in [1.29, 1.82) is 0 Å². The second-order valence-corrected chi connectivity index (χ2v) is 10.2. The fraction of sp³-hybridized carbons (Fsp3) is 0.462. The highest BCUT2D eigenvalue weighted by atomic mass is 35.5. The fourth-order valence-corrected chi connectivity index (χ4v) is 4.50. The van der Waals surface area contributed by atoms with Gasteiger partial charge in [-0.3, -0.25) is 24.6 Å². The Bertz CT molecular complexity index is 1230. The number of likely N-dealkylation sites (tertiary alicyclic amines) is 1. The largest absolute Gasteiger partial charge is 0.382 e. The molecule has 7 N–H and O–H groups in total. The molecule has 39 heavy (non-hydrogen) atoms. The van der Waals surface area contributed by atoms with Gasteiger partial charge in [-0.25, -0.2) is 15.0 Å². The van der Waals surface area contributed by atoms with Gasteiger partial charge < -0.3 is 22.1 Å². The third kappa shape index (κ3) is 8.98. The summed E-state index contributed by atoms with van der Waals surface area (Å²) in [7, 11) is 3.95. The minimum atomic E-state index is -0.692. The summed E-state index contributed by atoms with van der Waals surface area (Å²) in [6.07, 6.45) is 2.78. The lowest BCUT2D eigenvalue weighted by atomic mass is 9.96. The van der Waals surface area contributed by atoms with Gasteiger partial charge in [-0.2, -0.15) is 0 Å². The lowest BCUT2D eigenvalue weighted by Gasteiger charge is -2.29. The molecule has 1 aliphatic rings. The zero-order valence-corrected chi connectivity index (χ0v) is 23.1. The van der Waals surface area contributed by atoms with Gasteiger partial charge in [0.25, 0.3) is 5.91 Å². The van der Waals surface area contributed by atoms with E-state index in [-0.39, 0.29) is 52.5 Å². The highest BCUT2D eigenvalue weighted by Crippen LogP contribution is 2.18. The van der Waals surface area contributed by atoms with Gasteiger partial charge in [0.1, 0.15) is 0 Å². The molecule has 0 atom stereocenters. The van der Waals surface area contributed by atoms with E-state index < -0.39 is 5.91 Å². The quantitative estimate of drug-likeness (QED) is 0.177. The van der Waals surface area contributed by atoms with Crippen molar-refractivity contribution in [3.63, 3.8) is 0 Å². The number of carbonyl (C=O) groups is 3. The van der Waals surface area contributed by atoms with E-state index in [0.29, 0.717) is 44.5 Å². The maximum absolute atomic E-state index is 12.9. The third-order valence-corrected chi connectivity index (χ3v) is 6.63. The number of nitrogens with one attached hydrogen (secondary N) is 1. The average Bonchev–Trinajstić information content (AvgIpc) is 2.87. The van der Waals surface area contributed by atoms with Gasteiger partial charge in [-0.15, -0.1) is 0 Å². The van der Waals surface area contributed by atoms with E-state index in [9.17, 15) is 14.4 Å². The van der Waals surface area contributed by atoms with Crippen LogP contribution in [0.25, 0.3) is 0 Å². The van der Waals surface area contributed by atoms with Crippen molar-refractivity contribution in [1.82, 2.24) is 25.1 Å². The average molecular weight is 558 g/mol. The minimum absolute atomic E-state index is 0.0538. The summed E-state index contributed by atoms with van der Waals surface area (Å²) in [5.41, 5.74) is 18.4. The van der Waals surface area contributed by atoms with Crippen molar-refractivity contribution in [2.24, 2.45) is 10.7 Å². The summed E-state index contributed by atoms with van der Waals surface area (Å²) in [6.45, 7) is 2.43. The molecule has 1 aromatic carbocycles. The number of carbonyl (C=O) groups excluding carboxylic acids is 3. The topological polar surface area (TPSA) is 186 Å². The summed E-state index contributed by atoms with van der Waals surface area (Å²) >= 11 is 5.83. The first-order valence-electron chi connectivity index (χ1n) is 12.8. The van der Waals surface area contributed by atoms with E-state index in [0.717, 1.165) is 18.5 Å². The van der Waals surface area contributed by atoms with Crippen LogP contribution in [-0.2, 0) is 11.2 Å². The molecule has 1 aromatic heterocycles. The van der Waals surface area contributed by atoms with Crippen LogP contribution in [-0.4, -0.2) is 89.5 Å². The lowest BCUT2D eigenvalue weighted by Crippen LogP contribution is -2.42. The number of guanidine groups is 1. The van der Waals surface area contributed by atoms with Crippen molar-refractivity contribution in [3.8, 4) is 0 Å². The molecule has 2 aromatic rings. The number of aliphatic imine (C=N–C) groups is 1. The Morgan fingerprint density at radius 3 is 2.51 bits per heavy atom. The van der Waals surface area contributed by atoms with E-state index in [1.807, 2.05) is 37.2 Å². The first-order valence-corrected chi connectivity index (χ1v) is 13.1. The van der Waals surface area contributed by atoms with Crippen LogP contribution in [0.5, 0.6) is 0 Å². The highest BCUT2D eigenvalue weighted by molar-refractivity contribution is 6.31. The molecular formula is C26H36ClN9O3. The van der Waals surface area contributed by atoms with Crippen LogP contribution < -0.4 is 22.5 Å². The zero-order valence-electron chi connectivity index (χ0n) is 22.3. The van der Waals surface area contributed by atoms with Crippen LogP contribution in [0.15, 0.2) is 29.3 Å². The summed E-state index contributed by atoms with van der Waals surface area (Å²) < 4.78 is 0. The highest BCUT2D eigenvalue weighted by Gasteiger charge is 2.23. The molecular weight excluding hydrogens is 522 g/mol. The molecule has 0 aliphatic carbocycles. The second-order valence-electron chi connectivity index (χ2n) is 9.81. The molecule has 3 rings (SSSR count). The molecule has 13 heteroatoms. The maximum Gasteiger partial charge on any atom is 0.280 e. The number of anilines is 2. The van der Waals surface area contributed by atoms with Gasteiger partial charge in [-0.05, 0) is 45.5 Å².